The van der Waals surface area contributed by atoms with E-state index < -0.39 is 5.97 Å². The number of hydrogen-bond donors (Lipinski definition) is 1. The van der Waals surface area contributed by atoms with Crippen molar-refractivity contribution in [3.63, 3.8) is 0 Å². The highest BCUT2D eigenvalue weighted by Crippen LogP contribution is 2.23. The van der Waals surface area contributed by atoms with E-state index in [1.165, 1.54) is 12.8 Å². The second-order valence-electron chi connectivity index (χ2n) is 6.16. The number of rotatable bonds is 4. The molecule has 2 aromatic rings. The molecule has 0 saturated carbocycles. The molecule has 7 heteroatoms. The monoisotopic (exact) mass is 341 g/mol. The van der Waals surface area contributed by atoms with Gasteiger partial charge >= 0.3 is 5.97 Å². The van der Waals surface area contributed by atoms with E-state index >= 15 is 0 Å². The van der Waals surface area contributed by atoms with Crippen molar-refractivity contribution in [2.24, 2.45) is 0 Å². The summed E-state index contributed by atoms with van der Waals surface area (Å²) in [6, 6.07) is 8.13. The Balaban J connectivity index is 1.76. The molecule has 0 bridgehead atoms. The van der Waals surface area contributed by atoms with Gasteiger partial charge in [0.25, 0.3) is 0 Å². The molecule has 7 nitrogen and oxygen atoms in total. The topological polar surface area (TPSA) is 70.6 Å². The summed E-state index contributed by atoms with van der Waals surface area (Å²) in [6.45, 7) is 6.02. The predicted octanol–water partition coefficient (Wildman–Crippen LogP) is 2.07. The number of ether oxygens (including phenoxy) is 1. The number of nitrogens with zero attached hydrogens (tertiary/aromatic N) is 4. The van der Waals surface area contributed by atoms with Gasteiger partial charge in [0.2, 0.25) is 0 Å². The maximum Gasteiger partial charge on any atom is 0.360 e. The van der Waals surface area contributed by atoms with Gasteiger partial charge < -0.3 is 19.9 Å². The lowest BCUT2D eigenvalue weighted by Gasteiger charge is -2.34. The van der Waals surface area contributed by atoms with Crippen LogP contribution in [-0.4, -0.2) is 61.2 Å². The molecule has 132 valence electrons. The second-order valence-corrected chi connectivity index (χ2v) is 6.16. The van der Waals surface area contributed by atoms with E-state index in [1.54, 1.807) is 6.20 Å². The SMILES string of the molecule is COC(=O)c1ncc(C)nc1Nc1ccc(N2CCN(C)CC2)cc1. The number of likely N-dealkylation sites (N-methyl/N-ethyl adjacent to an activating group) is 1. The zero-order chi connectivity index (χ0) is 17.8. The number of carbonyl (C=O) groups is 1. The molecule has 1 fully saturated rings. The lowest BCUT2D eigenvalue weighted by atomic mass is 10.2. The van der Waals surface area contributed by atoms with E-state index in [2.05, 4.69) is 44.3 Å². The average molecular weight is 341 g/mol. The lowest BCUT2D eigenvalue weighted by Crippen LogP contribution is -2.44. The molecule has 1 saturated heterocycles. The lowest BCUT2D eigenvalue weighted by molar-refractivity contribution is 0.0595. The van der Waals surface area contributed by atoms with Gasteiger partial charge in [-0.3, -0.25) is 0 Å². The summed E-state index contributed by atoms with van der Waals surface area (Å²) < 4.78 is 4.77. The van der Waals surface area contributed by atoms with E-state index in [-0.39, 0.29) is 5.69 Å². The first kappa shape index (κ1) is 17.2. The van der Waals surface area contributed by atoms with E-state index in [4.69, 9.17) is 4.74 Å². The Bertz CT molecular complexity index is 740. The standard InChI is InChI=1S/C18H23N5O2/c1-13-12-19-16(18(24)25-3)17(20-13)21-14-4-6-15(7-5-14)23-10-8-22(2)9-11-23/h4-7,12H,8-11H2,1-3H3,(H,20,21). The number of methoxy groups -OCH3 is 1. The summed E-state index contributed by atoms with van der Waals surface area (Å²) in [4.78, 5) is 25.0. The number of carbonyl (C=O) groups excluding carboxylic acids is 1. The van der Waals surface area contributed by atoms with Gasteiger partial charge in [0, 0.05) is 43.8 Å². The summed E-state index contributed by atoms with van der Waals surface area (Å²) in [5.41, 5.74) is 2.95. The fourth-order valence-corrected chi connectivity index (χ4v) is 2.77. The third-order valence-electron chi connectivity index (χ3n) is 4.27. The minimum atomic E-state index is -0.510. The summed E-state index contributed by atoms with van der Waals surface area (Å²) >= 11 is 0. The summed E-state index contributed by atoms with van der Waals surface area (Å²) in [5, 5.41) is 3.16. The van der Waals surface area contributed by atoms with Crippen LogP contribution >= 0.6 is 0 Å². The molecule has 2 heterocycles. The Labute approximate surface area is 147 Å². The third-order valence-corrected chi connectivity index (χ3v) is 4.27. The zero-order valence-corrected chi connectivity index (χ0v) is 14.8. The van der Waals surface area contributed by atoms with Gasteiger partial charge in [-0.25, -0.2) is 14.8 Å². The van der Waals surface area contributed by atoms with Crippen LogP contribution in [-0.2, 0) is 4.74 Å². The molecule has 0 amide bonds. The molecular weight excluding hydrogens is 318 g/mol. The summed E-state index contributed by atoms with van der Waals surface area (Å²) in [5.74, 6) is -0.108. The van der Waals surface area contributed by atoms with Crippen molar-refractivity contribution in [1.29, 1.82) is 0 Å². The Hall–Kier alpha value is -2.67. The molecule has 1 aromatic heterocycles. The van der Waals surface area contributed by atoms with Gasteiger partial charge in [-0.15, -0.1) is 0 Å². The molecule has 1 N–H and O–H groups in total. The van der Waals surface area contributed by atoms with Gasteiger partial charge in [0.05, 0.1) is 12.8 Å². The first-order valence-corrected chi connectivity index (χ1v) is 8.29. The Kier molecular flexibility index (Phi) is 5.14. The predicted molar refractivity (Wildman–Crippen MR) is 97.5 cm³/mol. The highest BCUT2D eigenvalue weighted by Gasteiger charge is 2.17. The number of hydrogen-bond acceptors (Lipinski definition) is 7. The van der Waals surface area contributed by atoms with Gasteiger partial charge in [0.1, 0.15) is 0 Å². The quantitative estimate of drug-likeness (QED) is 0.854. The van der Waals surface area contributed by atoms with Gasteiger partial charge in [-0.2, -0.15) is 0 Å². The molecule has 1 aliphatic rings. The van der Waals surface area contributed by atoms with E-state index in [9.17, 15) is 4.79 Å². The van der Waals surface area contributed by atoms with E-state index in [1.807, 2.05) is 19.1 Å². The van der Waals surface area contributed by atoms with Crippen molar-refractivity contribution in [1.82, 2.24) is 14.9 Å². The van der Waals surface area contributed by atoms with Crippen LogP contribution in [0.5, 0.6) is 0 Å². The fraction of sp³-hybridized carbons (Fsp3) is 0.389. The summed E-state index contributed by atoms with van der Waals surface area (Å²) in [6.07, 6.45) is 1.55. The van der Waals surface area contributed by atoms with Crippen molar-refractivity contribution >= 4 is 23.2 Å². The fourth-order valence-electron chi connectivity index (χ4n) is 2.77. The second kappa shape index (κ2) is 7.48. The first-order chi connectivity index (χ1) is 12.1. The third kappa shape index (κ3) is 4.06. The number of anilines is 3. The molecule has 0 aliphatic carbocycles. The summed E-state index contributed by atoms with van der Waals surface area (Å²) in [7, 11) is 3.48. The Morgan fingerprint density at radius 2 is 1.84 bits per heavy atom. The van der Waals surface area contributed by atoms with Crippen molar-refractivity contribution in [2.75, 3.05) is 50.6 Å². The number of aryl methyl sites for hydroxylation is 1. The van der Waals surface area contributed by atoms with Crippen molar-refractivity contribution < 1.29 is 9.53 Å². The van der Waals surface area contributed by atoms with Crippen molar-refractivity contribution in [3.05, 3.63) is 41.9 Å². The van der Waals surface area contributed by atoms with Crippen molar-refractivity contribution in [2.45, 2.75) is 6.92 Å². The van der Waals surface area contributed by atoms with Gasteiger partial charge in [-0.05, 0) is 38.2 Å². The molecule has 0 atom stereocenters. The largest absolute Gasteiger partial charge is 0.464 e. The normalized spacial score (nSPS) is 15.1. The molecule has 1 aliphatic heterocycles. The number of aromatic nitrogens is 2. The molecule has 3 rings (SSSR count). The maximum atomic E-state index is 11.8. The smallest absolute Gasteiger partial charge is 0.360 e. The number of nitrogens with one attached hydrogen (secondary N) is 1. The van der Waals surface area contributed by atoms with Gasteiger partial charge in [0.15, 0.2) is 11.5 Å². The number of esters is 1. The highest BCUT2D eigenvalue weighted by molar-refractivity contribution is 5.93. The molecule has 0 radical (unpaired) electrons. The maximum absolute atomic E-state index is 11.8. The van der Waals surface area contributed by atoms with Crippen LogP contribution in [0.3, 0.4) is 0 Å². The molecule has 0 unspecified atom stereocenters. The highest BCUT2D eigenvalue weighted by atomic mass is 16.5. The molecule has 0 spiro atoms. The van der Waals surface area contributed by atoms with Crippen LogP contribution in [0.1, 0.15) is 16.2 Å². The molecule has 1 aromatic carbocycles. The zero-order valence-electron chi connectivity index (χ0n) is 14.8. The van der Waals surface area contributed by atoms with Crippen LogP contribution in [0.25, 0.3) is 0 Å². The Morgan fingerprint density at radius 3 is 2.48 bits per heavy atom. The van der Waals surface area contributed by atoms with Crippen LogP contribution in [0.2, 0.25) is 0 Å². The first-order valence-electron chi connectivity index (χ1n) is 8.29. The number of benzene rings is 1. The average Bonchev–Trinajstić information content (AvgIpc) is 2.63. The van der Waals surface area contributed by atoms with Gasteiger partial charge in [-0.1, -0.05) is 0 Å². The minimum absolute atomic E-state index is 0.177. The van der Waals surface area contributed by atoms with Crippen molar-refractivity contribution in [3.8, 4) is 0 Å². The van der Waals surface area contributed by atoms with E-state index in [0.717, 1.165) is 37.6 Å². The van der Waals surface area contributed by atoms with Crippen LogP contribution in [0, 0.1) is 6.92 Å². The molecule has 25 heavy (non-hydrogen) atoms. The number of piperazine rings is 1. The van der Waals surface area contributed by atoms with Crippen LogP contribution in [0.4, 0.5) is 17.2 Å². The van der Waals surface area contributed by atoms with E-state index in [0.29, 0.717) is 5.82 Å². The molecular formula is C18H23N5O2. The van der Waals surface area contributed by atoms with Crippen LogP contribution in [0.15, 0.2) is 30.5 Å². The minimum Gasteiger partial charge on any atom is -0.464 e. The Morgan fingerprint density at radius 1 is 1.16 bits per heavy atom. The van der Waals surface area contributed by atoms with Crippen LogP contribution < -0.4 is 10.2 Å².